The first-order chi connectivity index (χ1) is 16.0. The van der Waals surface area contributed by atoms with E-state index in [9.17, 15) is 18.8 Å². The van der Waals surface area contributed by atoms with Gasteiger partial charge in [0.25, 0.3) is 5.91 Å². The number of anilines is 2. The van der Waals surface area contributed by atoms with Crippen LogP contribution in [0.5, 0.6) is 5.75 Å². The molecule has 1 aliphatic heterocycles. The highest BCUT2D eigenvalue weighted by molar-refractivity contribution is 7.09. The summed E-state index contributed by atoms with van der Waals surface area (Å²) in [5.74, 6) is -0.712. The fourth-order valence-corrected chi connectivity index (χ4v) is 4.30. The van der Waals surface area contributed by atoms with Crippen molar-refractivity contribution in [3.05, 3.63) is 76.7 Å². The molecule has 1 aliphatic rings. The minimum absolute atomic E-state index is 0.195. The van der Waals surface area contributed by atoms with Crippen LogP contribution in [0.4, 0.5) is 20.6 Å². The van der Waals surface area contributed by atoms with Crippen molar-refractivity contribution in [3.8, 4) is 5.75 Å². The van der Waals surface area contributed by atoms with Gasteiger partial charge in [-0.15, -0.1) is 11.3 Å². The average molecular weight is 468 g/mol. The lowest BCUT2D eigenvalue weighted by Crippen LogP contribution is -2.37. The van der Waals surface area contributed by atoms with Crippen LogP contribution in [-0.2, 0) is 16.1 Å². The van der Waals surface area contributed by atoms with E-state index in [1.165, 1.54) is 40.5 Å². The maximum atomic E-state index is 13.4. The standard InChI is InChI=1S/C24H22FN3O4S/c1-2-32-19-11-7-17(8-12-19)26-22(29)14-21-23(30)28(18-9-5-16(25)6-10-18)24(31)27(21)15-20-4-3-13-33-20/h3-13,21H,2,14-15H2,1H3,(H,26,29). The van der Waals surface area contributed by atoms with E-state index < -0.39 is 29.7 Å². The molecule has 2 aromatic carbocycles. The number of imide groups is 1. The Balaban J connectivity index is 1.53. The minimum atomic E-state index is -0.979. The summed E-state index contributed by atoms with van der Waals surface area (Å²) in [6.07, 6.45) is -0.207. The van der Waals surface area contributed by atoms with Crippen molar-refractivity contribution in [3.63, 3.8) is 0 Å². The smallest absolute Gasteiger partial charge is 0.332 e. The molecule has 0 aliphatic carbocycles. The first-order valence-corrected chi connectivity index (χ1v) is 11.3. The lowest BCUT2D eigenvalue weighted by molar-refractivity contribution is -0.124. The van der Waals surface area contributed by atoms with Crippen LogP contribution < -0.4 is 15.0 Å². The highest BCUT2D eigenvalue weighted by Crippen LogP contribution is 2.29. The van der Waals surface area contributed by atoms with Crippen LogP contribution in [-0.4, -0.2) is 35.4 Å². The van der Waals surface area contributed by atoms with Crippen molar-refractivity contribution in [2.75, 3.05) is 16.8 Å². The average Bonchev–Trinajstić information content (AvgIpc) is 3.39. The summed E-state index contributed by atoms with van der Waals surface area (Å²) in [6, 6.07) is 14.2. The quantitative estimate of drug-likeness (QED) is 0.489. The topological polar surface area (TPSA) is 79.0 Å². The number of amides is 4. The van der Waals surface area contributed by atoms with Crippen LogP contribution in [0.2, 0.25) is 0 Å². The Morgan fingerprint density at radius 2 is 1.82 bits per heavy atom. The van der Waals surface area contributed by atoms with Crippen molar-refractivity contribution in [2.24, 2.45) is 0 Å². The zero-order chi connectivity index (χ0) is 23.4. The van der Waals surface area contributed by atoms with Crippen LogP contribution in [0, 0.1) is 5.82 Å². The zero-order valence-corrected chi connectivity index (χ0v) is 18.7. The Bertz CT molecular complexity index is 1130. The number of rotatable bonds is 8. The van der Waals surface area contributed by atoms with Crippen molar-refractivity contribution in [2.45, 2.75) is 25.9 Å². The van der Waals surface area contributed by atoms with Gasteiger partial charge in [-0.2, -0.15) is 0 Å². The number of urea groups is 1. The maximum absolute atomic E-state index is 13.4. The third-order valence-corrected chi connectivity index (χ3v) is 6.00. The minimum Gasteiger partial charge on any atom is -0.494 e. The van der Waals surface area contributed by atoms with E-state index in [1.807, 2.05) is 24.4 Å². The van der Waals surface area contributed by atoms with Gasteiger partial charge in [0.2, 0.25) is 5.91 Å². The summed E-state index contributed by atoms with van der Waals surface area (Å²) < 4.78 is 18.8. The van der Waals surface area contributed by atoms with Crippen molar-refractivity contribution in [1.82, 2.24) is 4.90 Å². The normalized spacial score (nSPS) is 15.8. The molecule has 2 heterocycles. The Morgan fingerprint density at radius 3 is 2.45 bits per heavy atom. The van der Waals surface area contributed by atoms with E-state index >= 15 is 0 Å². The zero-order valence-electron chi connectivity index (χ0n) is 17.9. The van der Waals surface area contributed by atoms with Gasteiger partial charge in [0, 0.05) is 10.6 Å². The van der Waals surface area contributed by atoms with Gasteiger partial charge in [-0.05, 0) is 66.9 Å². The van der Waals surface area contributed by atoms with E-state index in [4.69, 9.17) is 4.74 Å². The molecular weight excluding hydrogens is 445 g/mol. The number of thiophene rings is 1. The van der Waals surface area contributed by atoms with Gasteiger partial charge in [0.05, 0.1) is 25.3 Å². The molecule has 1 N–H and O–H groups in total. The Labute approximate surface area is 194 Å². The molecule has 1 atom stereocenters. The molecule has 1 saturated heterocycles. The number of benzene rings is 2. The highest BCUT2D eigenvalue weighted by atomic mass is 32.1. The number of ether oxygens (including phenoxy) is 1. The number of nitrogens with zero attached hydrogens (tertiary/aromatic N) is 2. The summed E-state index contributed by atoms with van der Waals surface area (Å²) in [5.41, 5.74) is 0.817. The molecule has 33 heavy (non-hydrogen) atoms. The van der Waals surface area contributed by atoms with Gasteiger partial charge in [0.15, 0.2) is 0 Å². The summed E-state index contributed by atoms with van der Waals surface area (Å²) in [6.45, 7) is 2.61. The van der Waals surface area contributed by atoms with Crippen LogP contribution in [0.3, 0.4) is 0 Å². The van der Waals surface area contributed by atoms with Crippen LogP contribution in [0.15, 0.2) is 66.0 Å². The first-order valence-electron chi connectivity index (χ1n) is 10.4. The summed E-state index contributed by atoms with van der Waals surface area (Å²) in [5, 5.41) is 4.64. The molecule has 9 heteroatoms. The van der Waals surface area contributed by atoms with Crippen molar-refractivity contribution < 1.29 is 23.5 Å². The fraction of sp³-hybridized carbons (Fsp3) is 0.208. The Hall–Kier alpha value is -3.72. The molecule has 170 valence electrons. The molecule has 0 spiro atoms. The summed E-state index contributed by atoms with van der Waals surface area (Å²) in [7, 11) is 0. The predicted octanol–water partition coefficient (Wildman–Crippen LogP) is 4.65. The van der Waals surface area contributed by atoms with Gasteiger partial charge in [-0.25, -0.2) is 14.1 Å². The number of nitrogens with one attached hydrogen (secondary N) is 1. The molecular formula is C24H22FN3O4S. The summed E-state index contributed by atoms with van der Waals surface area (Å²) in [4.78, 5) is 42.4. The maximum Gasteiger partial charge on any atom is 0.332 e. The highest BCUT2D eigenvalue weighted by Gasteiger charge is 2.46. The van der Waals surface area contributed by atoms with Crippen LogP contribution >= 0.6 is 11.3 Å². The first kappa shape index (κ1) is 22.5. The molecule has 4 rings (SSSR count). The Kier molecular flexibility index (Phi) is 6.69. The van der Waals surface area contributed by atoms with E-state index in [0.717, 1.165) is 9.78 Å². The van der Waals surface area contributed by atoms with E-state index in [1.54, 1.807) is 24.3 Å². The molecule has 1 unspecified atom stereocenters. The lowest BCUT2D eigenvalue weighted by Gasteiger charge is -2.21. The van der Waals surface area contributed by atoms with E-state index in [0.29, 0.717) is 18.0 Å². The lowest BCUT2D eigenvalue weighted by atomic mass is 10.1. The van der Waals surface area contributed by atoms with E-state index in [2.05, 4.69) is 5.32 Å². The van der Waals surface area contributed by atoms with Crippen LogP contribution in [0.25, 0.3) is 0 Å². The molecule has 0 radical (unpaired) electrons. The third kappa shape index (κ3) is 5.04. The number of carbonyl (C=O) groups is 3. The second kappa shape index (κ2) is 9.83. The molecule has 7 nitrogen and oxygen atoms in total. The molecule has 1 fully saturated rings. The predicted molar refractivity (Wildman–Crippen MR) is 124 cm³/mol. The molecule has 3 aromatic rings. The number of halogens is 1. The monoisotopic (exact) mass is 467 g/mol. The number of carbonyl (C=O) groups excluding carboxylic acids is 3. The van der Waals surface area contributed by atoms with Gasteiger partial charge >= 0.3 is 6.03 Å². The SMILES string of the molecule is CCOc1ccc(NC(=O)CC2C(=O)N(c3ccc(F)cc3)C(=O)N2Cc2cccs2)cc1. The largest absolute Gasteiger partial charge is 0.494 e. The molecule has 0 bridgehead atoms. The second-order valence-corrected chi connectivity index (χ2v) is 8.40. The van der Waals surface area contributed by atoms with Crippen LogP contribution in [0.1, 0.15) is 18.2 Å². The third-order valence-electron chi connectivity index (χ3n) is 5.14. The van der Waals surface area contributed by atoms with Gasteiger partial charge in [0.1, 0.15) is 17.6 Å². The van der Waals surface area contributed by atoms with Crippen molar-refractivity contribution in [1.29, 1.82) is 0 Å². The van der Waals surface area contributed by atoms with E-state index in [-0.39, 0.29) is 18.7 Å². The molecule has 0 saturated carbocycles. The number of hydrogen-bond acceptors (Lipinski definition) is 5. The van der Waals surface area contributed by atoms with Gasteiger partial charge in [-0.1, -0.05) is 6.07 Å². The van der Waals surface area contributed by atoms with Gasteiger partial charge in [-0.3, -0.25) is 9.59 Å². The van der Waals surface area contributed by atoms with Gasteiger partial charge < -0.3 is 15.0 Å². The number of hydrogen-bond donors (Lipinski definition) is 1. The van der Waals surface area contributed by atoms with Crippen molar-refractivity contribution >= 4 is 40.6 Å². The molecule has 1 aromatic heterocycles. The molecule has 4 amide bonds. The summed E-state index contributed by atoms with van der Waals surface area (Å²) >= 11 is 1.46. The second-order valence-electron chi connectivity index (χ2n) is 7.37. The fourth-order valence-electron chi connectivity index (χ4n) is 3.60. The Morgan fingerprint density at radius 1 is 1.09 bits per heavy atom.